The molecule has 0 saturated carbocycles. The number of hydrogen-bond acceptors (Lipinski definition) is 8. The fourth-order valence-electron chi connectivity index (χ4n) is 3.75. The van der Waals surface area contributed by atoms with Gasteiger partial charge in [-0.15, -0.1) is 5.10 Å². The zero-order valence-corrected chi connectivity index (χ0v) is 18.4. The Morgan fingerprint density at radius 3 is 2.76 bits per heavy atom. The van der Waals surface area contributed by atoms with Gasteiger partial charge >= 0.3 is 0 Å². The van der Waals surface area contributed by atoms with Gasteiger partial charge in [0.2, 0.25) is 6.17 Å². The summed E-state index contributed by atoms with van der Waals surface area (Å²) in [7, 11) is 0. The molecule has 10 heteroatoms. The molecule has 0 saturated heterocycles. The van der Waals surface area contributed by atoms with Gasteiger partial charge in [0.1, 0.15) is 11.5 Å². The van der Waals surface area contributed by atoms with Crippen LogP contribution in [-0.4, -0.2) is 26.8 Å². The minimum Gasteiger partial charge on any atom is -0.456 e. The van der Waals surface area contributed by atoms with Crippen LogP contribution in [0.3, 0.4) is 0 Å². The van der Waals surface area contributed by atoms with Crippen LogP contribution in [0.15, 0.2) is 75.2 Å². The molecule has 1 unspecified atom stereocenters. The van der Waals surface area contributed by atoms with Crippen LogP contribution in [0.4, 0.5) is 5.69 Å². The van der Waals surface area contributed by atoms with Crippen LogP contribution in [-0.2, 0) is 4.79 Å². The molecule has 2 aliphatic heterocycles. The van der Waals surface area contributed by atoms with Crippen LogP contribution in [0.5, 0.6) is 0 Å². The molecule has 33 heavy (non-hydrogen) atoms. The first-order valence-electron chi connectivity index (χ1n) is 10.4. The number of amidine groups is 1. The highest BCUT2D eigenvalue weighted by Crippen LogP contribution is 2.36. The molecule has 2 aliphatic rings. The summed E-state index contributed by atoms with van der Waals surface area (Å²) in [6.45, 7) is 2.05. The Balaban J connectivity index is 1.62. The van der Waals surface area contributed by atoms with E-state index >= 15 is 0 Å². The minimum absolute atomic E-state index is 0.0507. The molecule has 0 aliphatic carbocycles. The van der Waals surface area contributed by atoms with Crippen molar-refractivity contribution in [2.24, 2.45) is 10.1 Å². The second kappa shape index (κ2) is 8.55. The van der Waals surface area contributed by atoms with Crippen molar-refractivity contribution >= 4 is 34.2 Å². The number of nitrogens with zero attached hydrogens (tertiary/aromatic N) is 4. The smallest absolute Gasteiger partial charge is 0.280 e. The standard InChI is InChI=1S/C23H19N5O4S/c1-2-13-33-23-25-22(29)20-14-7-3-5-9-16(14)24-21(27(20)26-23)19-12-11-18(32-19)15-8-4-6-10-17(15)28(30)31/h3-12,21H,2,13H2,1H3,(H,25,26,29). The predicted octanol–water partition coefficient (Wildman–Crippen LogP) is 3.14. The van der Waals surface area contributed by atoms with Crippen molar-refractivity contribution in [3.63, 3.8) is 0 Å². The molecule has 0 fully saturated rings. The SMILES string of the molecule is CCCSC1=NN2C(=c3ccccc3=NC2c2ccc(-c3ccccc3[N+](=O)[O-])o2)C(=O)N1. The topological polar surface area (TPSA) is 113 Å². The predicted molar refractivity (Wildman–Crippen MR) is 124 cm³/mol. The number of nitrogens with one attached hydrogen (secondary N) is 1. The summed E-state index contributed by atoms with van der Waals surface area (Å²) in [5, 5.41) is 22.4. The summed E-state index contributed by atoms with van der Waals surface area (Å²) in [5.74, 6) is 1.32. The Morgan fingerprint density at radius 1 is 1.15 bits per heavy atom. The van der Waals surface area contributed by atoms with Crippen LogP contribution in [0.2, 0.25) is 0 Å². The van der Waals surface area contributed by atoms with E-state index in [0.717, 1.165) is 12.2 Å². The van der Waals surface area contributed by atoms with Crippen molar-refractivity contribution in [2.45, 2.75) is 19.5 Å². The van der Waals surface area contributed by atoms with E-state index in [4.69, 9.17) is 9.41 Å². The molecular weight excluding hydrogens is 442 g/mol. The number of fused-ring (bicyclic) bond motifs is 2. The van der Waals surface area contributed by atoms with Gasteiger partial charge in [0.15, 0.2) is 10.9 Å². The normalized spacial score (nSPS) is 16.9. The molecule has 1 atom stereocenters. The lowest BCUT2D eigenvalue weighted by atomic mass is 10.1. The average Bonchev–Trinajstić information content (AvgIpc) is 3.32. The largest absolute Gasteiger partial charge is 0.456 e. The second-order valence-corrected chi connectivity index (χ2v) is 8.48. The van der Waals surface area contributed by atoms with Crippen molar-refractivity contribution in [2.75, 3.05) is 5.75 Å². The maximum Gasteiger partial charge on any atom is 0.280 e. The number of hydrazone groups is 1. The van der Waals surface area contributed by atoms with Gasteiger partial charge in [-0.1, -0.05) is 49.0 Å². The molecule has 1 N–H and O–H groups in total. The fourth-order valence-corrected chi connectivity index (χ4v) is 4.46. The molecule has 0 bridgehead atoms. The third-order valence-electron chi connectivity index (χ3n) is 5.21. The van der Waals surface area contributed by atoms with Crippen LogP contribution >= 0.6 is 11.8 Å². The number of furan rings is 1. The molecule has 9 nitrogen and oxygen atoms in total. The van der Waals surface area contributed by atoms with Crippen molar-refractivity contribution in [1.82, 2.24) is 10.3 Å². The van der Waals surface area contributed by atoms with Crippen molar-refractivity contribution in [3.05, 3.63) is 87.1 Å². The zero-order chi connectivity index (χ0) is 22.9. The van der Waals surface area contributed by atoms with E-state index in [1.54, 1.807) is 35.3 Å². The molecule has 0 radical (unpaired) electrons. The number of nitro benzene ring substituents is 1. The van der Waals surface area contributed by atoms with E-state index < -0.39 is 11.1 Å². The van der Waals surface area contributed by atoms with Crippen molar-refractivity contribution in [1.29, 1.82) is 0 Å². The Labute approximate surface area is 192 Å². The van der Waals surface area contributed by atoms with E-state index in [9.17, 15) is 14.9 Å². The van der Waals surface area contributed by atoms with Crippen LogP contribution in [0, 0.1) is 10.1 Å². The summed E-state index contributed by atoms with van der Waals surface area (Å²) >= 11 is 1.46. The fraction of sp³-hybridized carbons (Fsp3) is 0.174. The van der Waals surface area contributed by atoms with Crippen LogP contribution < -0.4 is 15.9 Å². The van der Waals surface area contributed by atoms with Gasteiger partial charge < -0.3 is 4.42 Å². The van der Waals surface area contributed by atoms with Crippen LogP contribution in [0.1, 0.15) is 25.3 Å². The van der Waals surface area contributed by atoms with Gasteiger partial charge in [-0.2, -0.15) is 0 Å². The maximum atomic E-state index is 13.1. The first kappa shape index (κ1) is 21.0. The summed E-state index contributed by atoms with van der Waals surface area (Å²) < 4.78 is 6.05. The number of para-hydroxylation sites is 2. The molecular formula is C23H19N5O4S. The summed E-state index contributed by atoms with van der Waals surface area (Å²) in [6, 6.07) is 17.1. The maximum absolute atomic E-state index is 13.1. The molecule has 166 valence electrons. The van der Waals surface area contributed by atoms with Crippen LogP contribution in [0.25, 0.3) is 17.0 Å². The van der Waals surface area contributed by atoms with E-state index in [2.05, 4.69) is 17.3 Å². The van der Waals surface area contributed by atoms with Gasteiger partial charge in [0.05, 0.1) is 15.8 Å². The number of carbonyl (C=O) groups is 1. The monoisotopic (exact) mass is 461 g/mol. The number of benzene rings is 2. The van der Waals surface area contributed by atoms with Gasteiger partial charge in [-0.25, -0.2) is 10.0 Å². The third kappa shape index (κ3) is 3.78. The van der Waals surface area contributed by atoms with E-state index in [1.165, 1.54) is 17.8 Å². The Morgan fingerprint density at radius 2 is 1.94 bits per heavy atom. The van der Waals surface area contributed by atoms with Gasteiger partial charge in [0, 0.05) is 17.0 Å². The first-order chi connectivity index (χ1) is 16.1. The number of carbonyl (C=O) groups excluding carboxylic acids is 1. The first-order valence-corrected chi connectivity index (χ1v) is 11.4. The lowest BCUT2D eigenvalue weighted by Gasteiger charge is -2.32. The highest BCUT2D eigenvalue weighted by Gasteiger charge is 2.36. The Hall–Kier alpha value is -3.92. The summed E-state index contributed by atoms with van der Waals surface area (Å²) in [4.78, 5) is 28.9. The van der Waals surface area contributed by atoms with Gasteiger partial charge in [-0.05, 0) is 30.7 Å². The Kier molecular flexibility index (Phi) is 5.43. The van der Waals surface area contributed by atoms with E-state index in [-0.39, 0.29) is 11.6 Å². The summed E-state index contributed by atoms with van der Waals surface area (Å²) in [5.41, 5.74) is 0.702. The second-order valence-electron chi connectivity index (χ2n) is 7.40. The highest BCUT2D eigenvalue weighted by molar-refractivity contribution is 8.13. The lowest BCUT2D eigenvalue weighted by molar-refractivity contribution is -0.384. The lowest BCUT2D eigenvalue weighted by Crippen LogP contribution is -2.50. The van der Waals surface area contributed by atoms with Gasteiger partial charge in [0.25, 0.3) is 11.6 Å². The number of rotatable bonds is 5. The molecule has 1 aromatic heterocycles. The van der Waals surface area contributed by atoms with E-state index in [0.29, 0.717) is 38.5 Å². The van der Waals surface area contributed by atoms with E-state index in [1.807, 2.05) is 24.3 Å². The highest BCUT2D eigenvalue weighted by atomic mass is 32.2. The zero-order valence-electron chi connectivity index (χ0n) is 17.6. The molecule has 3 aromatic rings. The quantitative estimate of drug-likeness (QED) is 0.461. The number of nitro groups is 1. The molecule has 0 spiro atoms. The van der Waals surface area contributed by atoms with Crippen molar-refractivity contribution < 1.29 is 14.1 Å². The average molecular weight is 462 g/mol. The number of amides is 1. The third-order valence-corrected chi connectivity index (χ3v) is 6.28. The Bertz CT molecular complexity index is 1410. The van der Waals surface area contributed by atoms with Crippen molar-refractivity contribution in [3.8, 4) is 11.3 Å². The molecule has 2 aromatic carbocycles. The number of hydrogen-bond donors (Lipinski definition) is 1. The molecule has 5 rings (SSSR count). The minimum atomic E-state index is -0.727. The summed E-state index contributed by atoms with van der Waals surface area (Å²) in [6.07, 6.45) is 0.208. The number of thioether (sulfide) groups is 1. The molecule has 3 heterocycles. The molecule has 1 amide bonds. The van der Waals surface area contributed by atoms with Gasteiger partial charge in [-0.3, -0.25) is 20.2 Å².